The molecule has 3 aromatic rings. The van der Waals surface area contributed by atoms with Crippen LogP contribution in [-0.4, -0.2) is 34.2 Å². The van der Waals surface area contributed by atoms with Gasteiger partial charge in [-0.1, -0.05) is 30.3 Å². The summed E-state index contributed by atoms with van der Waals surface area (Å²) in [5.41, 5.74) is 4.49. The second kappa shape index (κ2) is 9.14. The molecule has 0 aliphatic carbocycles. The van der Waals surface area contributed by atoms with Crippen molar-refractivity contribution in [2.24, 2.45) is 7.05 Å². The summed E-state index contributed by atoms with van der Waals surface area (Å²) >= 11 is 0. The number of nitrogens with zero attached hydrogens (tertiary/aromatic N) is 3. The average Bonchev–Trinajstić information content (AvgIpc) is 3.17. The van der Waals surface area contributed by atoms with Crippen LogP contribution in [0.2, 0.25) is 0 Å². The molecular formula is C24H26N4O3. The van der Waals surface area contributed by atoms with Gasteiger partial charge in [-0.05, 0) is 55.2 Å². The minimum Gasteiger partial charge on any atom is -0.365 e. The van der Waals surface area contributed by atoms with Gasteiger partial charge < -0.3 is 10.1 Å². The van der Waals surface area contributed by atoms with E-state index in [0.717, 1.165) is 34.6 Å². The number of carbonyl (C=O) groups is 2. The van der Waals surface area contributed by atoms with Crippen LogP contribution in [0, 0.1) is 6.92 Å². The molecule has 2 amide bonds. The summed E-state index contributed by atoms with van der Waals surface area (Å²) in [5.74, 6) is -0.432. The summed E-state index contributed by atoms with van der Waals surface area (Å²) in [6, 6.07) is 16.6. The van der Waals surface area contributed by atoms with Crippen LogP contribution in [0.15, 0.2) is 60.8 Å². The van der Waals surface area contributed by atoms with Gasteiger partial charge in [-0.25, -0.2) is 0 Å². The Bertz CT molecular complexity index is 1090. The Kier molecular flexibility index (Phi) is 6.13. The Morgan fingerprint density at radius 2 is 2.00 bits per heavy atom. The molecule has 1 N–H and O–H groups in total. The van der Waals surface area contributed by atoms with Crippen LogP contribution < -0.4 is 10.2 Å². The average molecular weight is 418 g/mol. The highest BCUT2D eigenvalue weighted by atomic mass is 16.5. The summed E-state index contributed by atoms with van der Waals surface area (Å²) < 4.78 is 7.37. The van der Waals surface area contributed by atoms with Crippen molar-refractivity contribution in [2.75, 3.05) is 16.8 Å². The van der Waals surface area contributed by atoms with E-state index in [1.807, 2.05) is 68.6 Å². The first-order valence-electron chi connectivity index (χ1n) is 10.3. The highest BCUT2D eigenvalue weighted by Crippen LogP contribution is 2.31. The fourth-order valence-electron chi connectivity index (χ4n) is 3.91. The third-order valence-electron chi connectivity index (χ3n) is 5.50. The number of aromatic nitrogens is 2. The molecule has 1 unspecified atom stereocenters. The molecule has 2 heterocycles. The largest absolute Gasteiger partial charge is 0.365 e. The second-order valence-corrected chi connectivity index (χ2v) is 7.74. The number of ether oxygens (including phenoxy) is 1. The number of amides is 2. The maximum atomic E-state index is 13.2. The second-order valence-electron chi connectivity index (χ2n) is 7.74. The SMILES string of the molecule is Cc1cccc(NC(=O)C2CCc3ccccc3N2C(=O)COCc2ccnn2C)c1. The molecule has 7 nitrogen and oxygen atoms in total. The molecule has 0 bridgehead atoms. The lowest BCUT2D eigenvalue weighted by Crippen LogP contribution is -2.51. The molecule has 1 aromatic heterocycles. The number of fused-ring (bicyclic) bond motifs is 1. The molecule has 0 radical (unpaired) electrons. The maximum Gasteiger partial charge on any atom is 0.253 e. The van der Waals surface area contributed by atoms with E-state index >= 15 is 0 Å². The topological polar surface area (TPSA) is 76.5 Å². The first kappa shape index (κ1) is 20.8. The van der Waals surface area contributed by atoms with Gasteiger partial charge in [-0.15, -0.1) is 0 Å². The molecule has 0 spiro atoms. The number of para-hydroxylation sites is 1. The highest BCUT2D eigenvalue weighted by molar-refractivity contribution is 6.06. The Hall–Kier alpha value is -3.45. The van der Waals surface area contributed by atoms with E-state index in [9.17, 15) is 9.59 Å². The normalized spacial score (nSPS) is 15.4. The van der Waals surface area contributed by atoms with Crippen molar-refractivity contribution in [1.82, 2.24) is 9.78 Å². The number of hydrogen-bond donors (Lipinski definition) is 1. The van der Waals surface area contributed by atoms with Gasteiger partial charge in [-0.2, -0.15) is 5.10 Å². The Morgan fingerprint density at radius 1 is 1.16 bits per heavy atom. The lowest BCUT2D eigenvalue weighted by molar-refractivity contribution is -0.127. The number of carbonyl (C=O) groups excluding carboxylic acids is 2. The third-order valence-corrected chi connectivity index (χ3v) is 5.50. The summed E-state index contributed by atoms with van der Waals surface area (Å²) in [7, 11) is 1.83. The number of hydrogen-bond acceptors (Lipinski definition) is 4. The van der Waals surface area contributed by atoms with E-state index in [1.54, 1.807) is 15.8 Å². The van der Waals surface area contributed by atoms with E-state index in [0.29, 0.717) is 6.42 Å². The van der Waals surface area contributed by atoms with Gasteiger partial charge in [-0.3, -0.25) is 19.2 Å². The molecule has 31 heavy (non-hydrogen) atoms. The van der Waals surface area contributed by atoms with Crippen LogP contribution >= 0.6 is 0 Å². The highest BCUT2D eigenvalue weighted by Gasteiger charge is 2.35. The molecule has 7 heteroatoms. The monoisotopic (exact) mass is 418 g/mol. The van der Waals surface area contributed by atoms with E-state index in [2.05, 4.69) is 10.4 Å². The van der Waals surface area contributed by atoms with Crippen molar-refractivity contribution in [3.8, 4) is 0 Å². The molecule has 1 atom stereocenters. The quantitative estimate of drug-likeness (QED) is 0.667. The van der Waals surface area contributed by atoms with Crippen LogP contribution in [0.4, 0.5) is 11.4 Å². The van der Waals surface area contributed by atoms with Crippen molar-refractivity contribution >= 4 is 23.2 Å². The molecule has 1 aliphatic heterocycles. The van der Waals surface area contributed by atoms with Crippen molar-refractivity contribution in [1.29, 1.82) is 0 Å². The van der Waals surface area contributed by atoms with Crippen LogP contribution in [0.25, 0.3) is 0 Å². The summed E-state index contributed by atoms with van der Waals surface area (Å²) in [6.07, 6.45) is 2.98. The molecular weight excluding hydrogens is 392 g/mol. The van der Waals surface area contributed by atoms with Crippen LogP contribution in [0.1, 0.15) is 23.2 Å². The molecule has 2 aromatic carbocycles. The number of aryl methyl sites for hydroxylation is 3. The lowest BCUT2D eigenvalue weighted by atomic mass is 9.95. The van der Waals surface area contributed by atoms with Gasteiger partial charge in [0.1, 0.15) is 12.6 Å². The number of rotatable bonds is 6. The molecule has 160 valence electrons. The predicted octanol–water partition coefficient (Wildman–Crippen LogP) is 3.23. The van der Waals surface area contributed by atoms with E-state index < -0.39 is 6.04 Å². The maximum absolute atomic E-state index is 13.2. The minimum absolute atomic E-state index is 0.117. The van der Waals surface area contributed by atoms with E-state index in [-0.39, 0.29) is 25.0 Å². The zero-order valence-electron chi connectivity index (χ0n) is 17.7. The lowest BCUT2D eigenvalue weighted by Gasteiger charge is -2.36. The number of nitrogens with one attached hydrogen (secondary N) is 1. The van der Waals surface area contributed by atoms with Crippen LogP contribution in [-0.2, 0) is 34.4 Å². The zero-order valence-corrected chi connectivity index (χ0v) is 17.7. The van der Waals surface area contributed by atoms with Crippen molar-refractivity contribution < 1.29 is 14.3 Å². The Morgan fingerprint density at radius 3 is 2.77 bits per heavy atom. The molecule has 0 fully saturated rings. The first-order chi connectivity index (χ1) is 15.0. The summed E-state index contributed by atoms with van der Waals surface area (Å²) in [4.78, 5) is 27.9. The fraction of sp³-hybridized carbons (Fsp3) is 0.292. The van der Waals surface area contributed by atoms with Crippen molar-refractivity contribution in [3.05, 3.63) is 77.6 Å². The zero-order chi connectivity index (χ0) is 21.8. The summed E-state index contributed by atoms with van der Waals surface area (Å²) in [6.45, 7) is 2.13. The Labute approximate surface area is 181 Å². The molecule has 0 saturated carbocycles. The first-order valence-corrected chi connectivity index (χ1v) is 10.3. The molecule has 1 aliphatic rings. The van der Waals surface area contributed by atoms with Gasteiger partial charge in [0.05, 0.1) is 12.3 Å². The van der Waals surface area contributed by atoms with Gasteiger partial charge in [0, 0.05) is 24.6 Å². The predicted molar refractivity (Wildman–Crippen MR) is 119 cm³/mol. The van der Waals surface area contributed by atoms with Gasteiger partial charge in [0.2, 0.25) is 5.91 Å². The summed E-state index contributed by atoms with van der Waals surface area (Å²) in [5, 5.41) is 7.07. The van der Waals surface area contributed by atoms with Crippen molar-refractivity contribution in [3.63, 3.8) is 0 Å². The molecule has 0 saturated heterocycles. The smallest absolute Gasteiger partial charge is 0.253 e. The molecule has 4 rings (SSSR count). The number of benzene rings is 2. The van der Waals surface area contributed by atoms with E-state index in [1.165, 1.54) is 0 Å². The Balaban J connectivity index is 1.52. The van der Waals surface area contributed by atoms with Crippen molar-refractivity contribution in [2.45, 2.75) is 32.4 Å². The van der Waals surface area contributed by atoms with E-state index in [4.69, 9.17) is 4.74 Å². The fourth-order valence-corrected chi connectivity index (χ4v) is 3.91. The standard InChI is InChI=1S/C24H26N4O3/c1-17-6-5-8-19(14-17)26-24(30)22-11-10-18-7-3-4-9-21(18)28(22)23(29)16-31-15-20-12-13-25-27(20)2/h3-9,12-14,22H,10-11,15-16H2,1-2H3,(H,26,30). The number of anilines is 2. The third kappa shape index (κ3) is 4.67. The van der Waals surface area contributed by atoms with Gasteiger partial charge >= 0.3 is 0 Å². The van der Waals surface area contributed by atoms with Gasteiger partial charge in [0.25, 0.3) is 5.91 Å². The van der Waals surface area contributed by atoms with Crippen LogP contribution in [0.5, 0.6) is 0 Å². The van der Waals surface area contributed by atoms with Crippen LogP contribution in [0.3, 0.4) is 0 Å². The minimum atomic E-state index is -0.594. The van der Waals surface area contributed by atoms with Gasteiger partial charge in [0.15, 0.2) is 0 Å².